The minimum atomic E-state index is -0.570. The Morgan fingerprint density at radius 3 is 1.33 bits per heavy atom. The molecule has 3 aromatic carbocycles. The lowest BCUT2D eigenvalue weighted by Crippen LogP contribution is -2.28. The number of hydrogen-bond acceptors (Lipinski definition) is 7. The molecule has 0 heterocycles. The summed E-state index contributed by atoms with van der Waals surface area (Å²) >= 11 is 0. The third-order valence-electron chi connectivity index (χ3n) is 8.04. The molecule has 0 saturated carbocycles. The average Bonchev–Trinajstić information content (AvgIpc) is 2.90. The van der Waals surface area contributed by atoms with Crippen LogP contribution in [-0.2, 0) is 44.6 Å². The first-order valence-corrected chi connectivity index (χ1v) is 15.3. The first-order chi connectivity index (χ1) is 20.2. The van der Waals surface area contributed by atoms with Crippen molar-refractivity contribution in [2.24, 2.45) is 0 Å². The predicted octanol–water partition coefficient (Wildman–Crippen LogP) is 4.98. The highest BCUT2D eigenvalue weighted by atomic mass is 16.3. The van der Waals surface area contributed by atoms with E-state index < -0.39 is 5.41 Å². The molecule has 0 saturated heterocycles. The number of aryl methyl sites for hydroxylation is 1. The van der Waals surface area contributed by atoms with Crippen LogP contribution >= 0.6 is 0 Å². The molecular formula is C36H55N5O2. The molecule has 0 radical (unpaired) electrons. The number of nitrogens with one attached hydrogen (secondary N) is 1. The van der Waals surface area contributed by atoms with Crippen molar-refractivity contribution < 1.29 is 10.2 Å². The fraction of sp³-hybridized carbons (Fsp3) is 0.500. The van der Waals surface area contributed by atoms with Crippen molar-refractivity contribution in [2.45, 2.75) is 58.4 Å². The van der Waals surface area contributed by atoms with E-state index >= 15 is 0 Å². The summed E-state index contributed by atoms with van der Waals surface area (Å²) in [4.78, 5) is 8.61. The van der Waals surface area contributed by atoms with Crippen LogP contribution < -0.4 is 5.32 Å². The van der Waals surface area contributed by atoms with E-state index in [4.69, 9.17) is 0 Å². The minimum absolute atomic E-state index is 0.344. The highest BCUT2D eigenvalue weighted by Gasteiger charge is 2.35. The maximum atomic E-state index is 11.3. The van der Waals surface area contributed by atoms with Crippen molar-refractivity contribution in [1.82, 2.24) is 24.9 Å². The average molecular weight is 590 g/mol. The molecule has 1 atom stereocenters. The Kier molecular flexibility index (Phi) is 11.8. The van der Waals surface area contributed by atoms with Gasteiger partial charge in [0.2, 0.25) is 0 Å². The summed E-state index contributed by atoms with van der Waals surface area (Å²) < 4.78 is 0. The lowest BCUT2D eigenvalue weighted by molar-refractivity contribution is 0.382. The number of phenols is 2. The molecule has 236 valence electrons. The number of aromatic hydroxyl groups is 2. The lowest BCUT2D eigenvalue weighted by atomic mass is 9.69. The van der Waals surface area contributed by atoms with Crippen molar-refractivity contribution in [3.8, 4) is 11.5 Å². The highest BCUT2D eigenvalue weighted by molar-refractivity contribution is 5.58. The Morgan fingerprint density at radius 2 is 0.930 bits per heavy atom. The summed E-state index contributed by atoms with van der Waals surface area (Å²) in [5.74, 6) is 0.726. The van der Waals surface area contributed by atoms with E-state index in [1.54, 1.807) is 0 Å². The van der Waals surface area contributed by atoms with Crippen molar-refractivity contribution in [3.05, 3.63) is 92.5 Å². The van der Waals surface area contributed by atoms with Gasteiger partial charge in [0.25, 0.3) is 0 Å². The predicted molar refractivity (Wildman–Crippen MR) is 180 cm³/mol. The topological polar surface area (TPSA) is 65.5 Å². The van der Waals surface area contributed by atoms with Crippen molar-refractivity contribution in [3.63, 3.8) is 0 Å². The Morgan fingerprint density at radius 1 is 0.558 bits per heavy atom. The molecule has 0 aliphatic carbocycles. The van der Waals surface area contributed by atoms with E-state index in [2.05, 4.69) is 109 Å². The van der Waals surface area contributed by atoms with Gasteiger partial charge in [0.1, 0.15) is 11.5 Å². The van der Waals surface area contributed by atoms with E-state index in [9.17, 15) is 10.2 Å². The Bertz CT molecular complexity index is 1350. The number of nitrogens with zero attached hydrogens (tertiary/aromatic N) is 4. The third-order valence-corrected chi connectivity index (χ3v) is 8.04. The van der Waals surface area contributed by atoms with E-state index in [0.717, 1.165) is 52.9 Å². The Balaban J connectivity index is 2.50. The summed E-state index contributed by atoms with van der Waals surface area (Å²) in [6.07, 6.45) is 0.731. The van der Waals surface area contributed by atoms with Gasteiger partial charge in [-0.2, -0.15) is 0 Å². The molecule has 7 nitrogen and oxygen atoms in total. The summed E-state index contributed by atoms with van der Waals surface area (Å²) in [5.41, 5.74) is 9.05. The molecule has 0 aliphatic rings. The standard InChI is InChI=1S/C36H55N5O2/c1-12-27-16-32(18-29(34(27)42)23-40(8)9)36(2,31-14-25(21-38(4)5)13-26(15-31)22-39(6)7)33-17-28(20-37-3)35(43)30(19-33)24-41(10)11/h13-19,37,42-43H,12,20-24H2,1-11H3. The first-order valence-electron chi connectivity index (χ1n) is 15.3. The van der Waals surface area contributed by atoms with Gasteiger partial charge in [0, 0.05) is 54.8 Å². The van der Waals surface area contributed by atoms with Gasteiger partial charge in [-0.25, -0.2) is 0 Å². The fourth-order valence-electron chi connectivity index (χ4n) is 6.08. The zero-order valence-corrected chi connectivity index (χ0v) is 28.5. The van der Waals surface area contributed by atoms with Gasteiger partial charge in [-0.15, -0.1) is 0 Å². The Hall–Kier alpha value is -2.94. The summed E-state index contributed by atoms with van der Waals surface area (Å²) in [6.45, 7) is 7.90. The molecule has 0 bridgehead atoms. The summed E-state index contributed by atoms with van der Waals surface area (Å²) in [5, 5.41) is 25.9. The number of benzene rings is 3. The quantitative estimate of drug-likeness (QED) is 0.229. The van der Waals surface area contributed by atoms with Crippen molar-refractivity contribution in [1.29, 1.82) is 0 Å². The maximum absolute atomic E-state index is 11.3. The molecule has 0 aromatic heterocycles. The van der Waals surface area contributed by atoms with Gasteiger partial charge < -0.3 is 35.1 Å². The molecule has 0 aliphatic heterocycles. The van der Waals surface area contributed by atoms with Crippen LogP contribution in [0.15, 0.2) is 42.5 Å². The van der Waals surface area contributed by atoms with Crippen LogP contribution in [0.2, 0.25) is 0 Å². The molecule has 0 amide bonds. The first kappa shape index (κ1) is 34.5. The van der Waals surface area contributed by atoms with Gasteiger partial charge in [0.15, 0.2) is 0 Å². The van der Waals surface area contributed by atoms with Crippen LogP contribution in [0.1, 0.15) is 63.9 Å². The number of hydrogen-bond donors (Lipinski definition) is 3. The summed E-state index contributed by atoms with van der Waals surface area (Å²) in [7, 11) is 18.5. The second kappa shape index (κ2) is 14.7. The minimum Gasteiger partial charge on any atom is -0.507 e. The zero-order valence-electron chi connectivity index (χ0n) is 28.5. The van der Waals surface area contributed by atoms with Crippen LogP contribution in [0, 0.1) is 0 Å². The molecule has 3 aromatic rings. The van der Waals surface area contributed by atoms with Crippen LogP contribution in [-0.4, -0.2) is 93.2 Å². The molecule has 43 heavy (non-hydrogen) atoms. The van der Waals surface area contributed by atoms with Gasteiger partial charge in [0.05, 0.1) is 0 Å². The largest absolute Gasteiger partial charge is 0.507 e. The van der Waals surface area contributed by atoms with Crippen LogP contribution in [0.4, 0.5) is 0 Å². The third kappa shape index (κ3) is 8.37. The monoisotopic (exact) mass is 589 g/mol. The lowest BCUT2D eigenvalue weighted by Gasteiger charge is -2.35. The second-order valence-electron chi connectivity index (χ2n) is 13.3. The normalized spacial score (nSPS) is 13.5. The molecule has 3 rings (SSSR count). The van der Waals surface area contributed by atoms with Gasteiger partial charge in [-0.05, 0) is 128 Å². The summed E-state index contributed by atoms with van der Waals surface area (Å²) in [6, 6.07) is 15.7. The second-order valence-corrected chi connectivity index (χ2v) is 13.3. The fourth-order valence-corrected chi connectivity index (χ4v) is 6.08. The molecule has 7 heteroatoms. The van der Waals surface area contributed by atoms with Gasteiger partial charge in [-0.1, -0.05) is 31.2 Å². The Labute approximate surface area is 260 Å². The molecule has 3 N–H and O–H groups in total. The van der Waals surface area contributed by atoms with E-state index in [1.165, 1.54) is 16.7 Å². The SMILES string of the molecule is CCc1cc(C(C)(c2cc(CN(C)C)cc(CN(C)C)c2)c2cc(CNC)c(O)c(CN(C)C)c2)cc(CN(C)C)c1O. The van der Waals surface area contributed by atoms with Gasteiger partial charge >= 0.3 is 0 Å². The van der Waals surface area contributed by atoms with Crippen LogP contribution in [0.5, 0.6) is 11.5 Å². The van der Waals surface area contributed by atoms with E-state index in [0.29, 0.717) is 31.1 Å². The van der Waals surface area contributed by atoms with Crippen molar-refractivity contribution in [2.75, 3.05) is 63.4 Å². The highest BCUT2D eigenvalue weighted by Crippen LogP contribution is 2.44. The molecule has 0 fully saturated rings. The van der Waals surface area contributed by atoms with Crippen molar-refractivity contribution >= 4 is 0 Å². The zero-order chi connectivity index (χ0) is 32.1. The smallest absolute Gasteiger partial charge is 0.124 e. The molecule has 1 unspecified atom stereocenters. The number of phenolic OH excluding ortho intramolecular Hbond substituents is 2. The molecular weight excluding hydrogens is 534 g/mol. The maximum Gasteiger partial charge on any atom is 0.124 e. The van der Waals surface area contributed by atoms with Crippen LogP contribution in [0.3, 0.4) is 0 Å². The van der Waals surface area contributed by atoms with Crippen LogP contribution in [0.25, 0.3) is 0 Å². The number of rotatable bonds is 14. The van der Waals surface area contributed by atoms with E-state index in [1.807, 2.05) is 35.2 Å². The van der Waals surface area contributed by atoms with E-state index in [-0.39, 0.29) is 0 Å². The molecule has 0 spiro atoms. The van der Waals surface area contributed by atoms with Gasteiger partial charge in [-0.3, -0.25) is 0 Å².